The zero-order valence-electron chi connectivity index (χ0n) is 8.07. The zero-order chi connectivity index (χ0) is 9.10. The van der Waals surface area contributed by atoms with Crippen LogP contribution in [0.25, 0.3) is 0 Å². The highest BCUT2D eigenvalue weighted by Crippen LogP contribution is 2.22. The number of benzene rings is 1. The molecule has 1 nitrogen and oxygen atoms in total. The molecule has 2 rings (SSSR count). The molecule has 0 saturated carbocycles. The van der Waals surface area contributed by atoms with Crippen LogP contribution in [0.5, 0.6) is 0 Å². The van der Waals surface area contributed by atoms with Gasteiger partial charge >= 0.3 is 0 Å². The molecule has 1 aliphatic rings. The van der Waals surface area contributed by atoms with Crippen molar-refractivity contribution in [3.05, 3.63) is 35.9 Å². The number of hydrogen-bond donors (Lipinski definition) is 0. The van der Waals surface area contributed by atoms with Gasteiger partial charge in [-0.05, 0) is 31.2 Å². The molecule has 2 atom stereocenters. The maximum Gasteiger partial charge on any atom is 0.0550 e. The Bertz CT molecular complexity index is 255. The third-order valence-corrected chi connectivity index (χ3v) is 2.65. The van der Waals surface area contributed by atoms with Gasteiger partial charge < -0.3 is 4.74 Å². The highest BCUT2D eigenvalue weighted by molar-refractivity contribution is 5.15. The SMILES string of the molecule is CC1CC(Cc2ccccc2)CO1. The van der Waals surface area contributed by atoms with Gasteiger partial charge in [-0.15, -0.1) is 0 Å². The topological polar surface area (TPSA) is 9.23 Å². The fourth-order valence-electron chi connectivity index (χ4n) is 2.00. The lowest BCUT2D eigenvalue weighted by atomic mass is 9.97. The Kier molecular flexibility index (Phi) is 2.65. The van der Waals surface area contributed by atoms with Crippen molar-refractivity contribution in [1.82, 2.24) is 0 Å². The molecule has 2 unspecified atom stereocenters. The van der Waals surface area contributed by atoms with Crippen molar-refractivity contribution in [1.29, 1.82) is 0 Å². The molecule has 0 N–H and O–H groups in total. The monoisotopic (exact) mass is 176 g/mol. The number of rotatable bonds is 2. The predicted octanol–water partition coefficient (Wildman–Crippen LogP) is 2.65. The molecule has 0 spiro atoms. The van der Waals surface area contributed by atoms with E-state index in [0.717, 1.165) is 12.5 Å². The van der Waals surface area contributed by atoms with Crippen LogP contribution in [0.1, 0.15) is 18.9 Å². The van der Waals surface area contributed by atoms with E-state index in [9.17, 15) is 0 Å². The van der Waals surface area contributed by atoms with Crippen LogP contribution in [0.3, 0.4) is 0 Å². The van der Waals surface area contributed by atoms with Gasteiger partial charge in [-0.25, -0.2) is 0 Å². The fourth-order valence-corrected chi connectivity index (χ4v) is 2.00. The Morgan fingerprint density at radius 1 is 1.31 bits per heavy atom. The quantitative estimate of drug-likeness (QED) is 0.673. The second-order valence-corrected chi connectivity index (χ2v) is 3.94. The highest BCUT2D eigenvalue weighted by Gasteiger charge is 2.21. The first-order valence-corrected chi connectivity index (χ1v) is 5.00. The molecule has 0 radical (unpaired) electrons. The van der Waals surface area contributed by atoms with Crippen LogP contribution in [0, 0.1) is 5.92 Å². The average Bonchev–Trinajstić information content (AvgIpc) is 2.53. The van der Waals surface area contributed by atoms with Crippen LogP contribution >= 0.6 is 0 Å². The van der Waals surface area contributed by atoms with E-state index in [4.69, 9.17) is 4.74 Å². The Hall–Kier alpha value is -0.820. The van der Waals surface area contributed by atoms with E-state index in [1.165, 1.54) is 18.4 Å². The van der Waals surface area contributed by atoms with Crippen molar-refractivity contribution in [2.45, 2.75) is 25.9 Å². The molecular formula is C12H16O. The largest absolute Gasteiger partial charge is 0.378 e. The van der Waals surface area contributed by atoms with Crippen LogP contribution in [0.15, 0.2) is 30.3 Å². The van der Waals surface area contributed by atoms with Gasteiger partial charge in [0.1, 0.15) is 0 Å². The predicted molar refractivity (Wildman–Crippen MR) is 53.7 cm³/mol. The second-order valence-electron chi connectivity index (χ2n) is 3.94. The fraction of sp³-hybridized carbons (Fsp3) is 0.500. The molecule has 0 aliphatic carbocycles. The summed E-state index contributed by atoms with van der Waals surface area (Å²) in [5, 5.41) is 0. The van der Waals surface area contributed by atoms with Crippen molar-refractivity contribution in [2.75, 3.05) is 6.61 Å². The van der Waals surface area contributed by atoms with Gasteiger partial charge in [0, 0.05) is 0 Å². The minimum Gasteiger partial charge on any atom is -0.378 e. The molecule has 70 valence electrons. The van der Waals surface area contributed by atoms with Crippen molar-refractivity contribution in [2.24, 2.45) is 5.92 Å². The number of hydrogen-bond acceptors (Lipinski definition) is 1. The summed E-state index contributed by atoms with van der Waals surface area (Å²) in [6, 6.07) is 10.7. The van der Waals surface area contributed by atoms with Crippen molar-refractivity contribution >= 4 is 0 Å². The Balaban J connectivity index is 1.92. The Labute approximate surface area is 79.7 Å². The van der Waals surface area contributed by atoms with Crippen LogP contribution in [-0.4, -0.2) is 12.7 Å². The van der Waals surface area contributed by atoms with Gasteiger partial charge in [-0.1, -0.05) is 30.3 Å². The molecule has 1 aliphatic heterocycles. The molecule has 1 heterocycles. The minimum absolute atomic E-state index is 0.466. The molecule has 1 aromatic rings. The molecule has 0 aromatic heterocycles. The van der Waals surface area contributed by atoms with Gasteiger partial charge in [-0.3, -0.25) is 0 Å². The highest BCUT2D eigenvalue weighted by atomic mass is 16.5. The lowest BCUT2D eigenvalue weighted by Crippen LogP contribution is -2.03. The molecule has 0 bridgehead atoms. The maximum atomic E-state index is 5.54. The van der Waals surface area contributed by atoms with E-state index in [1.807, 2.05) is 0 Å². The molecule has 1 heteroatoms. The van der Waals surface area contributed by atoms with Crippen LogP contribution in [0.2, 0.25) is 0 Å². The van der Waals surface area contributed by atoms with E-state index in [1.54, 1.807) is 0 Å². The first-order valence-electron chi connectivity index (χ1n) is 5.00. The third kappa shape index (κ3) is 2.31. The zero-order valence-corrected chi connectivity index (χ0v) is 8.07. The normalized spacial score (nSPS) is 27.8. The van der Waals surface area contributed by atoms with Crippen LogP contribution in [0.4, 0.5) is 0 Å². The summed E-state index contributed by atoms with van der Waals surface area (Å²) < 4.78 is 5.54. The standard InChI is InChI=1S/C12H16O/c1-10-7-12(9-13-10)8-11-5-3-2-4-6-11/h2-6,10,12H,7-9H2,1H3. The van der Waals surface area contributed by atoms with Crippen LogP contribution < -0.4 is 0 Å². The summed E-state index contributed by atoms with van der Waals surface area (Å²) in [6.45, 7) is 3.10. The summed E-state index contributed by atoms with van der Waals surface area (Å²) in [7, 11) is 0. The minimum atomic E-state index is 0.466. The molecule has 1 fully saturated rings. The summed E-state index contributed by atoms with van der Waals surface area (Å²) >= 11 is 0. The first kappa shape index (κ1) is 8.76. The van der Waals surface area contributed by atoms with Crippen LogP contribution in [-0.2, 0) is 11.2 Å². The van der Waals surface area contributed by atoms with Gasteiger partial charge in [-0.2, -0.15) is 0 Å². The number of ether oxygens (including phenoxy) is 1. The van der Waals surface area contributed by atoms with E-state index in [-0.39, 0.29) is 0 Å². The maximum absolute atomic E-state index is 5.54. The lowest BCUT2D eigenvalue weighted by Gasteiger charge is -2.06. The van der Waals surface area contributed by atoms with Crippen molar-refractivity contribution in [3.63, 3.8) is 0 Å². The summed E-state index contributed by atoms with van der Waals surface area (Å²) in [6.07, 6.45) is 2.86. The van der Waals surface area contributed by atoms with Gasteiger partial charge in [0.15, 0.2) is 0 Å². The van der Waals surface area contributed by atoms with Gasteiger partial charge in [0.25, 0.3) is 0 Å². The molecule has 13 heavy (non-hydrogen) atoms. The average molecular weight is 176 g/mol. The molecule has 0 amide bonds. The van der Waals surface area contributed by atoms with Gasteiger partial charge in [0.2, 0.25) is 0 Å². The van der Waals surface area contributed by atoms with E-state index in [2.05, 4.69) is 37.3 Å². The second kappa shape index (κ2) is 3.93. The van der Waals surface area contributed by atoms with Gasteiger partial charge in [0.05, 0.1) is 12.7 Å². The first-order chi connectivity index (χ1) is 6.34. The van der Waals surface area contributed by atoms with Crippen molar-refractivity contribution < 1.29 is 4.74 Å². The molecular weight excluding hydrogens is 160 g/mol. The summed E-state index contributed by atoms with van der Waals surface area (Å²) in [4.78, 5) is 0. The summed E-state index contributed by atoms with van der Waals surface area (Å²) in [5.74, 6) is 0.734. The van der Waals surface area contributed by atoms with E-state index < -0.39 is 0 Å². The Morgan fingerprint density at radius 3 is 2.69 bits per heavy atom. The third-order valence-electron chi connectivity index (χ3n) is 2.65. The Morgan fingerprint density at radius 2 is 2.08 bits per heavy atom. The smallest absolute Gasteiger partial charge is 0.0550 e. The molecule has 1 aromatic carbocycles. The summed E-state index contributed by atoms with van der Waals surface area (Å²) in [5.41, 5.74) is 1.44. The van der Waals surface area contributed by atoms with E-state index >= 15 is 0 Å². The molecule has 1 saturated heterocycles. The van der Waals surface area contributed by atoms with Crippen molar-refractivity contribution in [3.8, 4) is 0 Å². The van der Waals surface area contributed by atoms with E-state index in [0.29, 0.717) is 6.10 Å². The lowest BCUT2D eigenvalue weighted by molar-refractivity contribution is 0.120.